The monoisotopic (exact) mass is 348 g/mol. The number of aromatic nitrogens is 1. The number of ether oxygens (including phenoxy) is 2. The standard InChI is InChI=1S/C17H17ClN2O4/c1-23-15(21)10-14(11-6-3-4-8-13(11)18)20-16(22)12-7-5-9-19-17(12)24-2/h3-9,14H,10H2,1-2H3,(H,20,22). The van der Waals surface area contributed by atoms with Crippen LogP contribution in [0.15, 0.2) is 42.6 Å². The van der Waals surface area contributed by atoms with Crippen molar-refractivity contribution in [2.24, 2.45) is 0 Å². The van der Waals surface area contributed by atoms with Crippen molar-refractivity contribution in [1.29, 1.82) is 0 Å². The van der Waals surface area contributed by atoms with Crippen molar-refractivity contribution >= 4 is 23.5 Å². The SMILES string of the molecule is COC(=O)CC(NC(=O)c1cccnc1OC)c1ccccc1Cl. The Balaban J connectivity index is 2.29. The van der Waals surface area contributed by atoms with Gasteiger partial charge in [-0.1, -0.05) is 29.8 Å². The molecule has 1 aromatic heterocycles. The highest BCUT2D eigenvalue weighted by molar-refractivity contribution is 6.31. The Bertz CT molecular complexity index is 736. The van der Waals surface area contributed by atoms with E-state index >= 15 is 0 Å². The molecular formula is C17H17ClN2O4. The van der Waals surface area contributed by atoms with E-state index in [2.05, 4.69) is 10.3 Å². The number of nitrogens with zero attached hydrogens (tertiary/aromatic N) is 1. The average Bonchev–Trinajstić information content (AvgIpc) is 2.61. The number of hydrogen-bond donors (Lipinski definition) is 1. The van der Waals surface area contributed by atoms with Crippen molar-refractivity contribution in [3.8, 4) is 5.88 Å². The highest BCUT2D eigenvalue weighted by atomic mass is 35.5. The van der Waals surface area contributed by atoms with Gasteiger partial charge in [-0.2, -0.15) is 0 Å². The first-order chi connectivity index (χ1) is 11.6. The molecule has 0 fully saturated rings. The van der Waals surface area contributed by atoms with Gasteiger partial charge >= 0.3 is 5.97 Å². The van der Waals surface area contributed by atoms with E-state index in [4.69, 9.17) is 21.1 Å². The first-order valence-electron chi connectivity index (χ1n) is 7.18. The minimum absolute atomic E-state index is 0.0471. The quantitative estimate of drug-likeness (QED) is 0.812. The molecule has 126 valence electrons. The van der Waals surface area contributed by atoms with Crippen LogP contribution >= 0.6 is 11.6 Å². The number of benzene rings is 1. The Morgan fingerprint density at radius 1 is 1.21 bits per heavy atom. The molecule has 0 spiro atoms. The number of hydrogen-bond acceptors (Lipinski definition) is 5. The van der Waals surface area contributed by atoms with Gasteiger partial charge < -0.3 is 14.8 Å². The molecule has 2 aromatic rings. The van der Waals surface area contributed by atoms with Crippen LogP contribution in [0.3, 0.4) is 0 Å². The first-order valence-corrected chi connectivity index (χ1v) is 7.55. The van der Waals surface area contributed by atoms with Crippen molar-refractivity contribution in [2.75, 3.05) is 14.2 Å². The van der Waals surface area contributed by atoms with Crippen molar-refractivity contribution in [3.63, 3.8) is 0 Å². The molecule has 0 radical (unpaired) electrons. The van der Waals surface area contributed by atoms with Crippen LogP contribution in [0.5, 0.6) is 5.88 Å². The molecule has 0 aliphatic rings. The highest BCUT2D eigenvalue weighted by Crippen LogP contribution is 2.26. The minimum Gasteiger partial charge on any atom is -0.480 e. The molecule has 2 rings (SSSR count). The van der Waals surface area contributed by atoms with Crippen LogP contribution in [-0.2, 0) is 9.53 Å². The summed E-state index contributed by atoms with van der Waals surface area (Å²) in [5.41, 5.74) is 0.891. The Kier molecular flexibility index (Phi) is 6.14. The van der Waals surface area contributed by atoms with Gasteiger partial charge in [-0.15, -0.1) is 0 Å². The van der Waals surface area contributed by atoms with Crippen LogP contribution in [0.4, 0.5) is 0 Å². The maximum atomic E-state index is 12.6. The number of esters is 1. The summed E-state index contributed by atoms with van der Waals surface area (Å²) in [7, 11) is 2.72. The van der Waals surface area contributed by atoms with Crippen molar-refractivity contribution in [3.05, 3.63) is 58.7 Å². The summed E-state index contributed by atoms with van der Waals surface area (Å²) in [6.45, 7) is 0. The lowest BCUT2D eigenvalue weighted by molar-refractivity contribution is -0.141. The van der Waals surface area contributed by atoms with Gasteiger partial charge in [0, 0.05) is 11.2 Å². The normalized spacial score (nSPS) is 11.5. The maximum absolute atomic E-state index is 12.6. The van der Waals surface area contributed by atoms with E-state index in [1.165, 1.54) is 20.4 Å². The molecule has 24 heavy (non-hydrogen) atoms. The van der Waals surface area contributed by atoms with Gasteiger partial charge in [0.1, 0.15) is 5.56 Å². The second-order valence-electron chi connectivity index (χ2n) is 4.89. The zero-order chi connectivity index (χ0) is 17.5. The predicted molar refractivity (Wildman–Crippen MR) is 89.1 cm³/mol. The van der Waals surface area contributed by atoms with E-state index in [9.17, 15) is 9.59 Å². The number of halogens is 1. The molecule has 0 aliphatic heterocycles. The van der Waals surface area contributed by atoms with E-state index < -0.39 is 17.9 Å². The van der Waals surface area contributed by atoms with Crippen molar-refractivity contribution < 1.29 is 19.1 Å². The van der Waals surface area contributed by atoms with Gasteiger partial charge in [-0.3, -0.25) is 9.59 Å². The summed E-state index contributed by atoms with van der Waals surface area (Å²) in [6.07, 6.45) is 1.48. The fourth-order valence-corrected chi connectivity index (χ4v) is 2.48. The number of rotatable bonds is 6. The molecule has 1 N–H and O–H groups in total. The molecule has 6 nitrogen and oxygen atoms in total. The summed E-state index contributed by atoms with van der Waals surface area (Å²) in [5, 5.41) is 3.24. The van der Waals surface area contributed by atoms with Crippen LogP contribution in [0.2, 0.25) is 5.02 Å². The highest BCUT2D eigenvalue weighted by Gasteiger charge is 2.23. The molecule has 7 heteroatoms. The summed E-state index contributed by atoms with van der Waals surface area (Å²) in [4.78, 5) is 28.2. The summed E-state index contributed by atoms with van der Waals surface area (Å²) in [5.74, 6) is -0.682. The lowest BCUT2D eigenvalue weighted by atomic mass is 10.0. The summed E-state index contributed by atoms with van der Waals surface area (Å²) < 4.78 is 9.79. The smallest absolute Gasteiger partial charge is 0.307 e. The molecule has 1 aromatic carbocycles. The van der Waals surface area contributed by atoms with Crippen LogP contribution in [0.1, 0.15) is 28.4 Å². The average molecular weight is 349 g/mol. The number of amides is 1. The zero-order valence-corrected chi connectivity index (χ0v) is 14.0. The number of pyridine rings is 1. The summed E-state index contributed by atoms with van der Waals surface area (Å²) >= 11 is 6.19. The molecule has 0 saturated carbocycles. The van der Waals surface area contributed by atoms with Crippen LogP contribution in [0, 0.1) is 0 Å². The Morgan fingerprint density at radius 3 is 2.62 bits per heavy atom. The summed E-state index contributed by atoms with van der Waals surface area (Å²) in [6, 6.07) is 9.57. The lowest BCUT2D eigenvalue weighted by Gasteiger charge is -2.19. The van der Waals surface area contributed by atoms with E-state index in [1.54, 1.807) is 36.4 Å². The van der Waals surface area contributed by atoms with E-state index in [1.807, 2.05) is 0 Å². The number of carbonyl (C=O) groups excluding carboxylic acids is 2. The third kappa shape index (κ3) is 4.23. The largest absolute Gasteiger partial charge is 0.480 e. The molecule has 1 unspecified atom stereocenters. The van der Waals surface area contributed by atoms with Crippen LogP contribution in [-0.4, -0.2) is 31.1 Å². The molecule has 0 saturated heterocycles. The molecule has 1 heterocycles. The van der Waals surface area contributed by atoms with Gasteiger partial charge in [0.15, 0.2) is 0 Å². The second-order valence-corrected chi connectivity index (χ2v) is 5.30. The van der Waals surface area contributed by atoms with Crippen molar-refractivity contribution in [2.45, 2.75) is 12.5 Å². The van der Waals surface area contributed by atoms with E-state index in [0.717, 1.165) is 0 Å². The number of nitrogens with one attached hydrogen (secondary N) is 1. The fraction of sp³-hybridized carbons (Fsp3) is 0.235. The van der Waals surface area contributed by atoms with Gasteiger partial charge in [0.2, 0.25) is 5.88 Å². The number of methoxy groups -OCH3 is 2. The van der Waals surface area contributed by atoms with E-state index in [0.29, 0.717) is 10.6 Å². The lowest BCUT2D eigenvalue weighted by Crippen LogP contribution is -2.31. The number of carbonyl (C=O) groups is 2. The molecular weight excluding hydrogens is 332 g/mol. The zero-order valence-electron chi connectivity index (χ0n) is 13.3. The van der Waals surface area contributed by atoms with Gasteiger partial charge in [0.25, 0.3) is 5.91 Å². The Labute approximate surface area is 144 Å². The maximum Gasteiger partial charge on any atom is 0.307 e. The predicted octanol–water partition coefficient (Wildman–Crippen LogP) is 2.78. The van der Waals surface area contributed by atoms with Gasteiger partial charge in [0.05, 0.1) is 26.7 Å². The van der Waals surface area contributed by atoms with Crippen LogP contribution in [0.25, 0.3) is 0 Å². The molecule has 1 amide bonds. The minimum atomic E-state index is -0.636. The fourth-order valence-electron chi connectivity index (χ4n) is 2.21. The second kappa shape index (κ2) is 8.31. The van der Waals surface area contributed by atoms with Crippen LogP contribution < -0.4 is 10.1 Å². The third-order valence-electron chi connectivity index (χ3n) is 3.39. The van der Waals surface area contributed by atoms with Gasteiger partial charge in [-0.05, 0) is 23.8 Å². The van der Waals surface area contributed by atoms with Gasteiger partial charge in [-0.25, -0.2) is 4.98 Å². The first kappa shape index (κ1) is 17.7. The molecule has 1 atom stereocenters. The Morgan fingerprint density at radius 2 is 1.96 bits per heavy atom. The molecule has 0 aliphatic carbocycles. The topological polar surface area (TPSA) is 77.5 Å². The third-order valence-corrected chi connectivity index (χ3v) is 3.74. The van der Waals surface area contributed by atoms with Crippen molar-refractivity contribution in [1.82, 2.24) is 10.3 Å². The Hall–Kier alpha value is -2.60. The van der Waals surface area contributed by atoms with E-state index in [-0.39, 0.29) is 17.9 Å². The molecule has 0 bridgehead atoms.